The first-order valence-electron chi connectivity index (χ1n) is 6.08. The summed E-state index contributed by atoms with van der Waals surface area (Å²) < 4.78 is 0. The van der Waals surface area contributed by atoms with Crippen LogP contribution in [0.4, 0.5) is 0 Å². The smallest absolute Gasteiger partial charge is 0.235 e. The Morgan fingerprint density at radius 3 is 2.25 bits per heavy atom. The molecule has 1 fully saturated rings. The molecule has 1 aliphatic rings. The number of hydrogen-bond donors (Lipinski definition) is 2. The maximum absolute atomic E-state index is 10.9. The zero-order chi connectivity index (χ0) is 12.3. The highest BCUT2D eigenvalue weighted by Crippen LogP contribution is 2.34. The summed E-state index contributed by atoms with van der Waals surface area (Å²) in [5, 5.41) is 0. The summed E-state index contributed by atoms with van der Waals surface area (Å²) in [7, 11) is 0. The molecule has 4 nitrogen and oxygen atoms in total. The van der Waals surface area contributed by atoms with Crippen LogP contribution in [0.15, 0.2) is 0 Å². The van der Waals surface area contributed by atoms with Crippen LogP contribution in [0.25, 0.3) is 0 Å². The van der Waals surface area contributed by atoms with Gasteiger partial charge < -0.3 is 16.4 Å². The molecule has 4 heteroatoms. The molecule has 1 rings (SSSR count). The summed E-state index contributed by atoms with van der Waals surface area (Å²) in [6.45, 7) is 9.55. The molecule has 94 valence electrons. The quantitative estimate of drug-likeness (QED) is 0.740. The van der Waals surface area contributed by atoms with Gasteiger partial charge in [0.05, 0.1) is 6.04 Å². The van der Waals surface area contributed by atoms with Crippen molar-refractivity contribution in [1.29, 1.82) is 0 Å². The zero-order valence-corrected chi connectivity index (χ0v) is 10.7. The van der Waals surface area contributed by atoms with Gasteiger partial charge in [0.15, 0.2) is 0 Å². The normalized spacial score (nSPS) is 22.0. The molecule has 0 aliphatic carbocycles. The van der Waals surface area contributed by atoms with Crippen LogP contribution in [-0.4, -0.2) is 36.5 Å². The van der Waals surface area contributed by atoms with E-state index in [1.54, 1.807) is 0 Å². The molecular formula is C12H25N3O. The summed E-state index contributed by atoms with van der Waals surface area (Å²) in [6.07, 6.45) is 2.38. The first-order valence-corrected chi connectivity index (χ1v) is 6.08. The molecule has 0 aromatic rings. The van der Waals surface area contributed by atoms with Gasteiger partial charge in [-0.2, -0.15) is 0 Å². The van der Waals surface area contributed by atoms with E-state index in [9.17, 15) is 4.79 Å². The average Bonchev–Trinajstić information content (AvgIpc) is 2.17. The second-order valence-electron chi connectivity index (χ2n) is 5.95. The zero-order valence-electron chi connectivity index (χ0n) is 10.7. The van der Waals surface area contributed by atoms with Crippen LogP contribution in [0.2, 0.25) is 0 Å². The Morgan fingerprint density at radius 2 is 1.88 bits per heavy atom. The summed E-state index contributed by atoms with van der Waals surface area (Å²) in [6, 6.07) is -0.522. The molecule has 1 aliphatic heterocycles. The number of amides is 1. The molecule has 4 N–H and O–H groups in total. The minimum atomic E-state index is -0.522. The van der Waals surface area contributed by atoms with Crippen molar-refractivity contribution in [3.8, 4) is 0 Å². The first kappa shape index (κ1) is 13.5. The van der Waals surface area contributed by atoms with Crippen LogP contribution in [0.1, 0.15) is 33.6 Å². The Balaban J connectivity index is 2.35. The molecule has 1 saturated heterocycles. The number of hydrogen-bond acceptors (Lipinski definition) is 3. The topological polar surface area (TPSA) is 72.3 Å². The number of primary amides is 1. The largest absolute Gasteiger partial charge is 0.368 e. The maximum atomic E-state index is 10.9. The third kappa shape index (κ3) is 3.76. The molecule has 1 heterocycles. The van der Waals surface area contributed by atoms with E-state index in [1.165, 1.54) is 12.8 Å². The lowest BCUT2D eigenvalue weighted by Gasteiger charge is -2.39. The van der Waals surface area contributed by atoms with Crippen LogP contribution >= 0.6 is 0 Å². The third-order valence-corrected chi connectivity index (χ3v) is 3.63. The number of rotatable bonds is 3. The van der Waals surface area contributed by atoms with E-state index in [2.05, 4.69) is 25.7 Å². The maximum Gasteiger partial charge on any atom is 0.235 e. The van der Waals surface area contributed by atoms with Gasteiger partial charge >= 0.3 is 0 Å². The van der Waals surface area contributed by atoms with Gasteiger partial charge in [0, 0.05) is 6.54 Å². The van der Waals surface area contributed by atoms with E-state index in [1.807, 2.05) is 0 Å². The monoisotopic (exact) mass is 227 g/mol. The van der Waals surface area contributed by atoms with Crippen LogP contribution in [0.3, 0.4) is 0 Å². The van der Waals surface area contributed by atoms with Gasteiger partial charge in [-0.1, -0.05) is 20.8 Å². The Morgan fingerprint density at radius 1 is 1.38 bits per heavy atom. The van der Waals surface area contributed by atoms with Crippen LogP contribution in [0, 0.1) is 11.3 Å². The number of nitrogens with two attached hydrogens (primary N) is 2. The highest BCUT2D eigenvalue weighted by Gasteiger charge is 2.29. The summed E-state index contributed by atoms with van der Waals surface area (Å²) >= 11 is 0. The fourth-order valence-corrected chi connectivity index (χ4v) is 2.35. The van der Waals surface area contributed by atoms with Crippen LogP contribution in [0.5, 0.6) is 0 Å². The molecule has 16 heavy (non-hydrogen) atoms. The second kappa shape index (κ2) is 5.15. The van der Waals surface area contributed by atoms with Gasteiger partial charge in [-0.05, 0) is 37.3 Å². The van der Waals surface area contributed by atoms with Gasteiger partial charge in [-0.15, -0.1) is 0 Å². The summed E-state index contributed by atoms with van der Waals surface area (Å²) in [4.78, 5) is 13.1. The Labute approximate surface area is 98.3 Å². The van der Waals surface area contributed by atoms with Crippen LogP contribution < -0.4 is 11.5 Å². The second-order valence-corrected chi connectivity index (χ2v) is 5.95. The fraction of sp³-hybridized carbons (Fsp3) is 0.917. The van der Waals surface area contributed by atoms with Crippen molar-refractivity contribution in [2.75, 3.05) is 19.6 Å². The average molecular weight is 227 g/mol. The minimum Gasteiger partial charge on any atom is -0.368 e. The van der Waals surface area contributed by atoms with E-state index >= 15 is 0 Å². The lowest BCUT2D eigenvalue weighted by molar-refractivity contribution is -0.119. The summed E-state index contributed by atoms with van der Waals surface area (Å²) in [5.41, 5.74) is 11.2. The molecule has 1 atom stereocenters. The number of nitrogens with zero attached hydrogens (tertiary/aromatic N) is 1. The molecule has 0 aromatic carbocycles. The predicted octanol–water partition coefficient (Wildman–Crippen LogP) is 0.557. The molecule has 0 radical (unpaired) electrons. The van der Waals surface area contributed by atoms with E-state index in [0.717, 1.165) is 19.0 Å². The fourth-order valence-electron chi connectivity index (χ4n) is 2.35. The standard InChI is InChI=1S/C12H25N3O/c1-12(2,3)9-4-6-15(7-5-9)8-10(13)11(14)16/h9-10H,4-8,13H2,1-3H3,(H2,14,16). The predicted molar refractivity (Wildman–Crippen MR) is 65.8 cm³/mol. The van der Waals surface area contributed by atoms with E-state index in [4.69, 9.17) is 11.5 Å². The van der Waals surface area contributed by atoms with Gasteiger partial charge in [0.25, 0.3) is 0 Å². The molecule has 0 aromatic heterocycles. The summed E-state index contributed by atoms with van der Waals surface area (Å²) in [5.74, 6) is 0.367. The van der Waals surface area contributed by atoms with Crippen molar-refractivity contribution in [3.63, 3.8) is 0 Å². The Hall–Kier alpha value is -0.610. The lowest BCUT2D eigenvalue weighted by atomic mass is 9.75. The van der Waals surface area contributed by atoms with Crippen molar-refractivity contribution < 1.29 is 4.79 Å². The van der Waals surface area contributed by atoms with Gasteiger partial charge in [-0.25, -0.2) is 0 Å². The van der Waals surface area contributed by atoms with Crippen molar-refractivity contribution in [2.45, 2.75) is 39.7 Å². The van der Waals surface area contributed by atoms with Crippen molar-refractivity contribution in [1.82, 2.24) is 4.90 Å². The van der Waals surface area contributed by atoms with E-state index < -0.39 is 11.9 Å². The minimum absolute atomic E-state index is 0.387. The molecule has 0 spiro atoms. The number of carbonyl (C=O) groups is 1. The molecule has 1 amide bonds. The Kier molecular flexibility index (Phi) is 4.33. The third-order valence-electron chi connectivity index (χ3n) is 3.63. The Bertz CT molecular complexity index is 239. The van der Waals surface area contributed by atoms with Crippen molar-refractivity contribution >= 4 is 5.91 Å². The van der Waals surface area contributed by atoms with Crippen molar-refractivity contribution in [2.24, 2.45) is 22.8 Å². The first-order chi connectivity index (χ1) is 7.30. The molecule has 1 unspecified atom stereocenters. The number of piperidine rings is 1. The van der Waals surface area contributed by atoms with E-state index in [0.29, 0.717) is 12.0 Å². The molecule has 0 saturated carbocycles. The number of likely N-dealkylation sites (tertiary alicyclic amines) is 1. The highest BCUT2D eigenvalue weighted by molar-refractivity contribution is 5.79. The van der Waals surface area contributed by atoms with Crippen LogP contribution in [-0.2, 0) is 4.79 Å². The van der Waals surface area contributed by atoms with Gasteiger partial charge in [0.2, 0.25) is 5.91 Å². The van der Waals surface area contributed by atoms with Crippen molar-refractivity contribution in [3.05, 3.63) is 0 Å². The highest BCUT2D eigenvalue weighted by atomic mass is 16.1. The molecular weight excluding hydrogens is 202 g/mol. The lowest BCUT2D eigenvalue weighted by Crippen LogP contribution is -2.48. The van der Waals surface area contributed by atoms with Gasteiger partial charge in [-0.3, -0.25) is 4.79 Å². The number of carbonyl (C=O) groups excluding carboxylic acids is 1. The van der Waals surface area contributed by atoms with Gasteiger partial charge in [0.1, 0.15) is 0 Å². The van der Waals surface area contributed by atoms with E-state index in [-0.39, 0.29) is 0 Å². The molecule has 0 bridgehead atoms. The SMILES string of the molecule is CC(C)(C)C1CCN(CC(N)C(N)=O)CC1.